The van der Waals surface area contributed by atoms with Crippen LogP contribution in [0.4, 0.5) is 0 Å². The SMILES string of the molecule is C[C@H](c1ccccc1)[C@@H](CC(=O)N1CCCC1)c1cn(C)c2ccccc12. The minimum atomic E-state index is 0.173. The number of carbonyl (C=O) groups is 1. The monoisotopic (exact) mass is 360 g/mol. The molecule has 0 radical (unpaired) electrons. The number of hydrogen-bond donors (Lipinski definition) is 0. The highest BCUT2D eigenvalue weighted by molar-refractivity contribution is 5.86. The van der Waals surface area contributed by atoms with Crippen molar-refractivity contribution in [1.29, 1.82) is 0 Å². The van der Waals surface area contributed by atoms with Crippen molar-refractivity contribution >= 4 is 16.8 Å². The number of likely N-dealkylation sites (tertiary alicyclic amines) is 1. The molecule has 0 saturated carbocycles. The Morgan fingerprint density at radius 2 is 1.67 bits per heavy atom. The molecule has 0 spiro atoms. The van der Waals surface area contributed by atoms with Crippen LogP contribution in [0.3, 0.4) is 0 Å². The highest BCUT2D eigenvalue weighted by atomic mass is 16.2. The first-order valence-corrected chi connectivity index (χ1v) is 10.0. The smallest absolute Gasteiger partial charge is 0.223 e. The number of nitrogens with zero attached hydrogens (tertiary/aromatic N) is 2. The molecule has 3 heteroatoms. The van der Waals surface area contributed by atoms with E-state index in [-0.39, 0.29) is 11.8 Å². The van der Waals surface area contributed by atoms with E-state index in [0.717, 1.165) is 25.9 Å². The lowest BCUT2D eigenvalue weighted by Gasteiger charge is -2.26. The number of aromatic nitrogens is 1. The summed E-state index contributed by atoms with van der Waals surface area (Å²) in [5.41, 5.74) is 3.81. The third-order valence-electron chi connectivity index (χ3n) is 6.11. The topological polar surface area (TPSA) is 25.2 Å². The predicted octanol–water partition coefficient (Wildman–Crippen LogP) is 5.08. The Kier molecular flexibility index (Phi) is 5.02. The van der Waals surface area contributed by atoms with Crippen LogP contribution >= 0.6 is 0 Å². The molecule has 1 aliphatic heterocycles. The first kappa shape index (κ1) is 17.8. The van der Waals surface area contributed by atoms with Gasteiger partial charge < -0.3 is 9.47 Å². The van der Waals surface area contributed by atoms with E-state index in [9.17, 15) is 4.79 Å². The number of hydrogen-bond acceptors (Lipinski definition) is 1. The largest absolute Gasteiger partial charge is 0.350 e. The highest BCUT2D eigenvalue weighted by Gasteiger charge is 2.29. The molecule has 0 N–H and O–H groups in total. The van der Waals surface area contributed by atoms with Crippen LogP contribution in [0.25, 0.3) is 10.9 Å². The molecule has 1 saturated heterocycles. The summed E-state index contributed by atoms with van der Waals surface area (Å²) in [5.74, 6) is 0.753. The minimum absolute atomic E-state index is 0.173. The number of para-hydroxylation sites is 1. The number of fused-ring (bicyclic) bond motifs is 1. The molecule has 1 amide bonds. The first-order chi connectivity index (χ1) is 13.1. The molecule has 0 bridgehead atoms. The average Bonchev–Trinajstić information content (AvgIpc) is 3.35. The molecule has 2 aromatic carbocycles. The molecule has 2 heterocycles. The second-order valence-electron chi connectivity index (χ2n) is 7.81. The van der Waals surface area contributed by atoms with E-state index in [2.05, 4.69) is 84.2 Å². The Bertz CT molecular complexity index is 922. The van der Waals surface area contributed by atoms with Crippen molar-refractivity contribution in [2.45, 2.75) is 38.0 Å². The standard InChI is InChI=1S/C24H28N2O/c1-18(19-10-4-3-5-11-19)21(16-24(27)26-14-8-9-15-26)22-17-25(2)23-13-7-6-12-20(22)23/h3-7,10-13,17-18,21H,8-9,14-16H2,1-2H3/t18-,21-/m1/s1. The Morgan fingerprint density at radius 1 is 1.00 bits per heavy atom. The summed E-state index contributed by atoms with van der Waals surface area (Å²) >= 11 is 0. The van der Waals surface area contributed by atoms with Crippen LogP contribution < -0.4 is 0 Å². The summed E-state index contributed by atoms with van der Waals surface area (Å²) in [6.45, 7) is 4.10. The third kappa shape index (κ3) is 3.51. The Labute approximate surface area is 161 Å². The Morgan fingerprint density at radius 3 is 2.41 bits per heavy atom. The molecular formula is C24H28N2O. The van der Waals surface area contributed by atoms with Gasteiger partial charge in [-0.05, 0) is 36.0 Å². The van der Waals surface area contributed by atoms with Crippen molar-refractivity contribution < 1.29 is 4.79 Å². The summed E-state index contributed by atoms with van der Waals surface area (Å²) < 4.78 is 2.19. The summed E-state index contributed by atoms with van der Waals surface area (Å²) in [6, 6.07) is 19.1. The molecule has 1 fully saturated rings. The lowest BCUT2D eigenvalue weighted by Crippen LogP contribution is -2.29. The summed E-state index contributed by atoms with van der Waals surface area (Å²) in [4.78, 5) is 15.1. The number of carbonyl (C=O) groups excluding carboxylic acids is 1. The van der Waals surface area contributed by atoms with Crippen molar-refractivity contribution in [3.63, 3.8) is 0 Å². The third-order valence-corrected chi connectivity index (χ3v) is 6.11. The molecule has 1 aliphatic rings. The molecule has 27 heavy (non-hydrogen) atoms. The summed E-state index contributed by atoms with van der Waals surface area (Å²) in [5, 5.41) is 1.27. The molecule has 1 aromatic heterocycles. The van der Waals surface area contributed by atoms with Gasteiger partial charge in [0.2, 0.25) is 5.91 Å². The van der Waals surface area contributed by atoms with Gasteiger partial charge in [-0.3, -0.25) is 4.79 Å². The average molecular weight is 361 g/mol. The maximum Gasteiger partial charge on any atom is 0.223 e. The zero-order chi connectivity index (χ0) is 18.8. The quantitative estimate of drug-likeness (QED) is 0.623. The lowest BCUT2D eigenvalue weighted by molar-refractivity contribution is -0.130. The van der Waals surface area contributed by atoms with E-state index in [1.54, 1.807) is 0 Å². The van der Waals surface area contributed by atoms with Crippen molar-refractivity contribution in [3.05, 3.63) is 71.9 Å². The van der Waals surface area contributed by atoms with Gasteiger partial charge in [-0.15, -0.1) is 0 Å². The van der Waals surface area contributed by atoms with Crippen LogP contribution in [0, 0.1) is 0 Å². The fourth-order valence-corrected chi connectivity index (χ4v) is 4.50. The van der Waals surface area contributed by atoms with E-state index in [1.165, 1.54) is 22.0 Å². The van der Waals surface area contributed by atoms with Gasteiger partial charge in [0.1, 0.15) is 0 Å². The number of amides is 1. The molecular weight excluding hydrogens is 332 g/mol. The molecule has 4 rings (SSSR count). The molecule has 2 atom stereocenters. The van der Waals surface area contributed by atoms with E-state index < -0.39 is 0 Å². The number of aryl methyl sites for hydroxylation is 1. The van der Waals surface area contributed by atoms with Crippen LogP contribution in [-0.4, -0.2) is 28.5 Å². The van der Waals surface area contributed by atoms with Gasteiger partial charge >= 0.3 is 0 Å². The van der Waals surface area contributed by atoms with E-state index in [1.807, 2.05) is 0 Å². The van der Waals surface area contributed by atoms with Crippen LogP contribution in [0.15, 0.2) is 60.8 Å². The van der Waals surface area contributed by atoms with Gasteiger partial charge in [0, 0.05) is 49.6 Å². The molecule has 3 nitrogen and oxygen atoms in total. The lowest BCUT2D eigenvalue weighted by atomic mass is 9.80. The van der Waals surface area contributed by atoms with Gasteiger partial charge in [0.15, 0.2) is 0 Å². The second kappa shape index (κ2) is 7.59. The van der Waals surface area contributed by atoms with E-state index >= 15 is 0 Å². The van der Waals surface area contributed by atoms with Gasteiger partial charge in [0.05, 0.1) is 0 Å². The van der Waals surface area contributed by atoms with Gasteiger partial charge in [-0.1, -0.05) is 55.5 Å². The van der Waals surface area contributed by atoms with Crippen molar-refractivity contribution in [3.8, 4) is 0 Å². The van der Waals surface area contributed by atoms with E-state index in [4.69, 9.17) is 0 Å². The summed E-state index contributed by atoms with van der Waals surface area (Å²) in [7, 11) is 2.10. The Balaban J connectivity index is 1.74. The zero-order valence-corrected chi connectivity index (χ0v) is 16.3. The van der Waals surface area contributed by atoms with Crippen LogP contribution in [-0.2, 0) is 11.8 Å². The van der Waals surface area contributed by atoms with Gasteiger partial charge in [0.25, 0.3) is 0 Å². The normalized spacial score (nSPS) is 16.6. The highest BCUT2D eigenvalue weighted by Crippen LogP contribution is 2.40. The van der Waals surface area contributed by atoms with Gasteiger partial charge in [-0.2, -0.15) is 0 Å². The van der Waals surface area contributed by atoms with Crippen molar-refractivity contribution in [2.75, 3.05) is 13.1 Å². The maximum atomic E-state index is 13.0. The van der Waals surface area contributed by atoms with Crippen LogP contribution in [0.5, 0.6) is 0 Å². The fraction of sp³-hybridized carbons (Fsp3) is 0.375. The maximum absolute atomic E-state index is 13.0. The molecule has 3 aromatic rings. The Hall–Kier alpha value is -2.55. The molecule has 140 valence electrons. The van der Waals surface area contributed by atoms with Crippen LogP contribution in [0.2, 0.25) is 0 Å². The molecule has 0 aliphatic carbocycles. The van der Waals surface area contributed by atoms with Gasteiger partial charge in [-0.25, -0.2) is 0 Å². The van der Waals surface area contributed by atoms with Crippen LogP contribution in [0.1, 0.15) is 49.1 Å². The minimum Gasteiger partial charge on any atom is -0.350 e. The fourth-order valence-electron chi connectivity index (χ4n) is 4.50. The van der Waals surface area contributed by atoms with E-state index in [0.29, 0.717) is 12.3 Å². The summed E-state index contributed by atoms with van der Waals surface area (Å²) in [6.07, 6.45) is 5.08. The number of benzene rings is 2. The van der Waals surface area contributed by atoms with Crippen molar-refractivity contribution in [2.24, 2.45) is 7.05 Å². The predicted molar refractivity (Wildman–Crippen MR) is 111 cm³/mol. The van der Waals surface area contributed by atoms with Crippen molar-refractivity contribution in [1.82, 2.24) is 9.47 Å². The zero-order valence-electron chi connectivity index (χ0n) is 16.3. The number of rotatable bonds is 5. The first-order valence-electron chi connectivity index (χ1n) is 10.0. The molecule has 0 unspecified atom stereocenters. The second-order valence-corrected chi connectivity index (χ2v) is 7.81.